The van der Waals surface area contributed by atoms with Gasteiger partial charge in [0.2, 0.25) is 0 Å². The first-order valence-electron chi connectivity index (χ1n) is 6.44. The Bertz CT molecular complexity index is 574. The van der Waals surface area contributed by atoms with Crippen molar-refractivity contribution in [3.8, 4) is 16.9 Å². The number of aromatic hydroxyl groups is 1. The molecule has 0 unspecified atom stereocenters. The normalized spacial score (nSPS) is 16.6. The molecule has 6 heteroatoms. The van der Waals surface area contributed by atoms with Gasteiger partial charge in [-0.1, -0.05) is 0 Å². The third-order valence-electron chi connectivity index (χ3n) is 3.52. The van der Waals surface area contributed by atoms with E-state index in [1.54, 1.807) is 18.5 Å². The fourth-order valence-corrected chi connectivity index (χ4v) is 2.38. The summed E-state index contributed by atoms with van der Waals surface area (Å²) in [5.41, 5.74) is 7.27. The number of pyridine rings is 1. The van der Waals surface area contributed by atoms with Gasteiger partial charge in [0, 0.05) is 23.5 Å². The van der Waals surface area contributed by atoms with Crippen LogP contribution in [-0.4, -0.2) is 33.0 Å². The Labute approximate surface area is 111 Å². The van der Waals surface area contributed by atoms with Crippen molar-refractivity contribution in [1.29, 1.82) is 0 Å². The zero-order valence-corrected chi connectivity index (χ0v) is 10.6. The van der Waals surface area contributed by atoms with Gasteiger partial charge in [-0.3, -0.25) is 4.68 Å². The van der Waals surface area contributed by atoms with Crippen molar-refractivity contribution in [1.82, 2.24) is 20.1 Å². The van der Waals surface area contributed by atoms with E-state index in [4.69, 9.17) is 5.73 Å². The zero-order valence-electron chi connectivity index (χ0n) is 10.6. The molecule has 2 aromatic rings. The second kappa shape index (κ2) is 4.89. The summed E-state index contributed by atoms with van der Waals surface area (Å²) < 4.78 is 2.00. The summed E-state index contributed by atoms with van der Waals surface area (Å²) >= 11 is 0. The number of piperidine rings is 1. The predicted molar refractivity (Wildman–Crippen MR) is 72.7 cm³/mol. The van der Waals surface area contributed by atoms with Crippen LogP contribution >= 0.6 is 0 Å². The molecule has 6 nitrogen and oxygen atoms in total. The van der Waals surface area contributed by atoms with E-state index in [1.807, 2.05) is 10.9 Å². The van der Waals surface area contributed by atoms with E-state index in [0.29, 0.717) is 6.04 Å². The van der Waals surface area contributed by atoms with Crippen molar-refractivity contribution < 1.29 is 5.11 Å². The van der Waals surface area contributed by atoms with Crippen LogP contribution in [0.15, 0.2) is 24.7 Å². The van der Waals surface area contributed by atoms with Crippen LogP contribution in [0.4, 0.5) is 5.82 Å². The van der Waals surface area contributed by atoms with Crippen LogP contribution in [0, 0.1) is 0 Å². The topological polar surface area (TPSA) is 89.0 Å². The molecule has 3 heterocycles. The minimum atomic E-state index is 0.00659. The van der Waals surface area contributed by atoms with Crippen LogP contribution in [0.2, 0.25) is 0 Å². The average Bonchev–Trinajstić information content (AvgIpc) is 2.93. The Morgan fingerprint density at radius 3 is 2.79 bits per heavy atom. The number of nitrogen functional groups attached to an aromatic ring is 1. The monoisotopic (exact) mass is 259 g/mol. The molecular weight excluding hydrogens is 242 g/mol. The van der Waals surface area contributed by atoms with Gasteiger partial charge in [0.15, 0.2) is 11.6 Å². The van der Waals surface area contributed by atoms with Crippen LogP contribution in [0.25, 0.3) is 11.1 Å². The molecule has 0 aromatic carbocycles. The first-order valence-corrected chi connectivity index (χ1v) is 6.44. The highest BCUT2D eigenvalue weighted by atomic mass is 16.3. The highest BCUT2D eigenvalue weighted by molar-refractivity contribution is 5.65. The van der Waals surface area contributed by atoms with Crippen LogP contribution in [-0.2, 0) is 0 Å². The van der Waals surface area contributed by atoms with Crippen molar-refractivity contribution in [2.45, 2.75) is 18.9 Å². The average molecular weight is 259 g/mol. The molecule has 2 aromatic heterocycles. The van der Waals surface area contributed by atoms with Gasteiger partial charge < -0.3 is 16.2 Å². The van der Waals surface area contributed by atoms with E-state index in [1.165, 1.54) is 0 Å². The van der Waals surface area contributed by atoms with Gasteiger partial charge >= 0.3 is 0 Å². The summed E-state index contributed by atoms with van der Waals surface area (Å²) in [7, 11) is 0. The maximum absolute atomic E-state index is 9.59. The molecule has 0 aliphatic carbocycles. The molecule has 1 saturated heterocycles. The van der Waals surface area contributed by atoms with E-state index in [9.17, 15) is 5.11 Å². The number of aromatic nitrogens is 3. The summed E-state index contributed by atoms with van der Waals surface area (Å²) in [6.45, 7) is 2.06. The molecular formula is C13H17N5O. The van der Waals surface area contributed by atoms with Gasteiger partial charge in [-0.2, -0.15) is 5.10 Å². The SMILES string of the molecule is Nc1ncc(-c2cnn(C3CCNCC3)c2)cc1O. The smallest absolute Gasteiger partial charge is 0.165 e. The molecule has 1 aliphatic heterocycles. The molecule has 0 radical (unpaired) electrons. The van der Waals surface area contributed by atoms with Gasteiger partial charge in [-0.25, -0.2) is 4.98 Å². The third kappa shape index (κ3) is 2.39. The van der Waals surface area contributed by atoms with Gasteiger partial charge in [-0.05, 0) is 32.0 Å². The maximum atomic E-state index is 9.59. The molecule has 0 spiro atoms. The fraction of sp³-hybridized carbons (Fsp3) is 0.385. The lowest BCUT2D eigenvalue weighted by Crippen LogP contribution is -2.29. The summed E-state index contributed by atoms with van der Waals surface area (Å²) in [4.78, 5) is 3.96. The van der Waals surface area contributed by atoms with Crippen LogP contribution < -0.4 is 11.1 Å². The second-order valence-corrected chi connectivity index (χ2v) is 4.82. The Balaban J connectivity index is 1.85. The summed E-state index contributed by atoms with van der Waals surface area (Å²) in [6.07, 6.45) is 7.63. The lowest BCUT2D eigenvalue weighted by atomic mass is 10.1. The zero-order chi connectivity index (χ0) is 13.2. The molecule has 1 aliphatic rings. The number of nitrogens with zero attached hydrogens (tertiary/aromatic N) is 3. The van der Waals surface area contributed by atoms with Gasteiger partial charge in [0.25, 0.3) is 0 Å². The van der Waals surface area contributed by atoms with E-state index in [-0.39, 0.29) is 11.6 Å². The van der Waals surface area contributed by atoms with Crippen LogP contribution in [0.3, 0.4) is 0 Å². The number of anilines is 1. The van der Waals surface area contributed by atoms with Crippen molar-refractivity contribution in [3.05, 3.63) is 24.7 Å². The summed E-state index contributed by atoms with van der Waals surface area (Å²) in [5, 5.41) is 17.3. The van der Waals surface area contributed by atoms with Gasteiger partial charge in [0.05, 0.1) is 12.2 Å². The first kappa shape index (κ1) is 12.0. The molecule has 4 N–H and O–H groups in total. The quantitative estimate of drug-likeness (QED) is 0.753. The Morgan fingerprint density at radius 2 is 2.05 bits per heavy atom. The first-order chi connectivity index (χ1) is 9.24. The summed E-state index contributed by atoms with van der Waals surface area (Å²) in [5.74, 6) is 0.154. The van der Waals surface area contributed by atoms with Crippen molar-refractivity contribution >= 4 is 5.82 Å². The van der Waals surface area contributed by atoms with Crippen LogP contribution in [0.5, 0.6) is 5.75 Å². The number of hydrogen-bond donors (Lipinski definition) is 3. The summed E-state index contributed by atoms with van der Waals surface area (Å²) in [6, 6.07) is 2.07. The van der Waals surface area contributed by atoms with Crippen molar-refractivity contribution in [2.24, 2.45) is 0 Å². The predicted octanol–water partition coefficient (Wildman–Crippen LogP) is 1.16. The molecule has 0 atom stereocenters. The molecule has 0 saturated carbocycles. The van der Waals surface area contributed by atoms with E-state index in [0.717, 1.165) is 37.1 Å². The fourth-order valence-electron chi connectivity index (χ4n) is 2.38. The molecule has 0 bridgehead atoms. The maximum Gasteiger partial charge on any atom is 0.165 e. The Morgan fingerprint density at radius 1 is 1.26 bits per heavy atom. The van der Waals surface area contributed by atoms with Crippen molar-refractivity contribution in [3.63, 3.8) is 0 Å². The Kier molecular flexibility index (Phi) is 3.08. The van der Waals surface area contributed by atoms with Gasteiger partial charge in [0.1, 0.15) is 0 Å². The lowest BCUT2D eigenvalue weighted by molar-refractivity contribution is 0.343. The lowest BCUT2D eigenvalue weighted by Gasteiger charge is -2.22. The highest BCUT2D eigenvalue weighted by Crippen LogP contribution is 2.27. The van der Waals surface area contributed by atoms with Crippen molar-refractivity contribution in [2.75, 3.05) is 18.8 Å². The molecule has 1 fully saturated rings. The number of hydrogen-bond acceptors (Lipinski definition) is 5. The minimum Gasteiger partial charge on any atom is -0.504 e. The second-order valence-electron chi connectivity index (χ2n) is 4.82. The number of rotatable bonds is 2. The largest absolute Gasteiger partial charge is 0.504 e. The molecule has 100 valence electrons. The number of nitrogens with one attached hydrogen (secondary N) is 1. The standard InChI is InChI=1S/C13H17N5O/c14-13-12(19)5-9(6-16-13)10-7-17-18(8-10)11-1-3-15-4-2-11/h5-8,11,15,19H,1-4H2,(H2,14,16). The van der Waals surface area contributed by atoms with E-state index >= 15 is 0 Å². The van der Waals surface area contributed by atoms with E-state index in [2.05, 4.69) is 15.4 Å². The highest BCUT2D eigenvalue weighted by Gasteiger charge is 2.16. The molecule has 3 rings (SSSR count). The van der Waals surface area contributed by atoms with Crippen LogP contribution in [0.1, 0.15) is 18.9 Å². The van der Waals surface area contributed by atoms with Gasteiger partial charge in [-0.15, -0.1) is 0 Å². The third-order valence-corrected chi connectivity index (χ3v) is 3.52. The molecule has 0 amide bonds. The minimum absolute atomic E-state index is 0.00659. The number of nitrogens with two attached hydrogens (primary N) is 1. The molecule has 19 heavy (non-hydrogen) atoms. The Hall–Kier alpha value is -2.08. The van der Waals surface area contributed by atoms with E-state index < -0.39 is 0 Å².